The second-order valence-corrected chi connectivity index (χ2v) is 10.4. The third kappa shape index (κ3) is 6.68. The van der Waals surface area contributed by atoms with Crippen LogP contribution >= 0.6 is 0 Å². The van der Waals surface area contributed by atoms with Crippen LogP contribution in [0.1, 0.15) is 42.4 Å². The van der Waals surface area contributed by atoms with E-state index in [9.17, 15) is 18.8 Å². The first-order valence-electron chi connectivity index (χ1n) is 13.6. The minimum atomic E-state index is -0.731. The van der Waals surface area contributed by atoms with E-state index in [2.05, 4.69) is 29.5 Å². The summed E-state index contributed by atoms with van der Waals surface area (Å²) in [5.74, 6) is -0.518. The summed E-state index contributed by atoms with van der Waals surface area (Å²) in [6.07, 6.45) is 2.29. The molecule has 220 valence electrons. The molecule has 2 heterocycles. The van der Waals surface area contributed by atoms with Gasteiger partial charge in [-0.05, 0) is 62.1 Å². The van der Waals surface area contributed by atoms with E-state index in [0.717, 1.165) is 18.1 Å². The van der Waals surface area contributed by atoms with E-state index in [4.69, 9.17) is 4.74 Å². The molecule has 0 saturated heterocycles. The number of nitrogens with zero attached hydrogens (tertiary/aromatic N) is 4. The van der Waals surface area contributed by atoms with E-state index in [1.165, 1.54) is 40.0 Å². The Labute approximate surface area is 243 Å². The summed E-state index contributed by atoms with van der Waals surface area (Å²) in [6, 6.07) is 14.3. The Kier molecular flexibility index (Phi) is 9.09. The van der Waals surface area contributed by atoms with Crippen molar-refractivity contribution in [2.75, 3.05) is 24.2 Å². The monoisotopic (exact) mass is 574 g/mol. The summed E-state index contributed by atoms with van der Waals surface area (Å²) in [5, 5.41) is 5.27. The Balaban J connectivity index is 1.51. The molecule has 4 rings (SSSR count). The van der Waals surface area contributed by atoms with Crippen LogP contribution in [0.25, 0.3) is 5.69 Å². The van der Waals surface area contributed by atoms with Gasteiger partial charge in [0.1, 0.15) is 17.1 Å². The van der Waals surface area contributed by atoms with Gasteiger partial charge in [-0.1, -0.05) is 26.0 Å². The van der Waals surface area contributed by atoms with Crippen molar-refractivity contribution in [3.8, 4) is 17.2 Å². The van der Waals surface area contributed by atoms with Crippen LogP contribution in [0.15, 0.2) is 65.6 Å². The van der Waals surface area contributed by atoms with E-state index in [-0.39, 0.29) is 34.6 Å². The topological polar surface area (TPSA) is 110 Å². The van der Waals surface area contributed by atoms with Gasteiger partial charge in [-0.25, -0.2) is 18.9 Å². The van der Waals surface area contributed by atoms with E-state index >= 15 is 0 Å². The SMILES string of the molecule is CCN(C)C(=O)Nc1cc(Oc2ccc(NC(=O)c3c(C)n(C)n(-c4cccc(CC(C)C)c4)c3=O)cc2F)ccn1. The lowest BCUT2D eigenvalue weighted by Crippen LogP contribution is -2.31. The Morgan fingerprint density at radius 2 is 1.86 bits per heavy atom. The summed E-state index contributed by atoms with van der Waals surface area (Å²) in [6.45, 7) is 8.29. The molecular weight excluding hydrogens is 539 g/mol. The normalized spacial score (nSPS) is 11.0. The number of aromatic nitrogens is 3. The zero-order valence-electron chi connectivity index (χ0n) is 24.6. The van der Waals surface area contributed by atoms with Crippen LogP contribution < -0.4 is 20.9 Å². The predicted octanol–water partition coefficient (Wildman–Crippen LogP) is 5.75. The fourth-order valence-electron chi connectivity index (χ4n) is 4.42. The summed E-state index contributed by atoms with van der Waals surface area (Å²) in [4.78, 5) is 44.3. The smallest absolute Gasteiger partial charge is 0.322 e. The molecule has 4 aromatic rings. The number of nitrogens with one attached hydrogen (secondary N) is 2. The van der Waals surface area contributed by atoms with Crippen LogP contribution in [-0.4, -0.2) is 44.8 Å². The number of rotatable bonds is 9. The number of halogens is 1. The number of hydrogen-bond donors (Lipinski definition) is 2. The molecule has 0 aliphatic rings. The van der Waals surface area contributed by atoms with Gasteiger partial charge in [-0.3, -0.25) is 19.6 Å². The zero-order valence-corrected chi connectivity index (χ0v) is 24.6. The highest BCUT2D eigenvalue weighted by molar-refractivity contribution is 6.05. The predicted molar refractivity (Wildman–Crippen MR) is 160 cm³/mol. The first-order chi connectivity index (χ1) is 20.0. The minimum Gasteiger partial charge on any atom is -0.454 e. The molecule has 2 N–H and O–H groups in total. The Bertz CT molecular complexity index is 1680. The number of pyridine rings is 1. The molecule has 42 heavy (non-hydrogen) atoms. The summed E-state index contributed by atoms with van der Waals surface area (Å²) in [5.41, 5.74) is 1.87. The number of amides is 3. The number of anilines is 2. The third-order valence-electron chi connectivity index (χ3n) is 6.78. The van der Waals surface area contributed by atoms with Crippen molar-refractivity contribution in [2.24, 2.45) is 13.0 Å². The molecule has 3 amide bonds. The standard InChI is InChI=1S/C31H35FN6O4/c1-7-36(5)31(41)35-27-18-24(13-14-33-27)42-26-12-11-22(17-25(26)32)34-29(39)28-20(4)37(6)38(30(28)40)23-10-8-9-21(16-23)15-19(2)3/h8-14,16-19H,7,15H2,1-6H3,(H,34,39)(H,33,35,41). The molecule has 0 fully saturated rings. The van der Waals surface area contributed by atoms with E-state index in [1.54, 1.807) is 25.7 Å². The van der Waals surface area contributed by atoms with Crippen molar-refractivity contribution < 1.29 is 18.7 Å². The number of hydrogen-bond acceptors (Lipinski definition) is 5. The summed E-state index contributed by atoms with van der Waals surface area (Å²) < 4.78 is 23.7. The molecule has 10 nitrogen and oxygen atoms in total. The number of urea groups is 1. The third-order valence-corrected chi connectivity index (χ3v) is 6.78. The average molecular weight is 575 g/mol. The Morgan fingerprint density at radius 1 is 1.10 bits per heavy atom. The molecular formula is C31H35FN6O4. The second-order valence-electron chi connectivity index (χ2n) is 10.4. The highest BCUT2D eigenvalue weighted by Gasteiger charge is 2.23. The quantitative estimate of drug-likeness (QED) is 0.265. The van der Waals surface area contributed by atoms with Gasteiger partial charge in [0.05, 0.1) is 11.4 Å². The van der Waals surface area contributed by atoms with Crippen LogP contribution in [0.3, 0.4) is 0 Å². The first-order valence-corrected chi connectivity index (χ1v) is 13.6. The van der Waals surface area contributed by atoms with Gasteiger partial charge in [0.25, 0.3) is 11.5 Å². The van der Waals surface area contributed by atoms with Gasteiger partial charge in [0, 0.05) is 44.7 Å². The average Bonchev–Trinajstić information content (AvgIpc) is 3.17. The van der Waals surface area contributed by atoms with Crippen LogP contribution in [0.5, 0.6) is 11.5 Å². The van der Waals surface area contributed by atoms with Crippen LogP contribution in [0.4, 0.5) is 20.7 Å². The maximum atomic E-state index is 15.0. The molecule has 0 aliphatic carbocycles. The summed E-state index contributed by atoms with van der Waals surface area (Å²) in [7, 11) is 3.36. The lowest BCUT2D eigenvalue weighted by atomic mass is 10.0. The first kappa shape index (κ1) is 30.0. The highest BCUT2D eigenvalue weighted by atomic mass is 19.1. The van der Waals surface area contributed by atoms with Crippen molar-refractivity contribution in [3.63, 3.8) is 0 Å². The van der Waals surface area contributed by atoms with Gasteiger partial charge in [-0.2, -0.15) is 0 Å². The van der Waals surface area contributed by atoms with E-state index < -0.39 is 17.3 Å². The fraction of sp³-hybridized carbons (Fsp3) is 0.290. The molecule has 0 radical (unpaired) electrons. The van der Waals surface area contributed by atoms with Crippen molar-refractivity contribution in [2.45, 2.75) is 34.1 Å². The number of ether oxygens (including phenoxy) is 1. The molecule has 2 aromatic carbocycles. The molecule has 0 spiro atoms. The van der Waals surface area contributed by atoms with Crippen LogP contribution in [0.2, 0.25) is 0 Å². The van der Waals surface area contributed by atoms with E-state index in [0.29, 0.717) is 23.8 Å². The van der Waals surface area contributed by atoms with Gasteiger partial charge >= 0.3 is 6.03 Å². The maximum absolute atomic E-state index is 15.0. The lowest BCUT2D eigenvalue weighted by molar-refractivity contribution is 0.102. The molecule has 0 bridgehead atoms. The molecule has 2 aromatic heterocycles. The van der Waals surface area contributed by atoms with Gasteiger partial charge in [0.15, 0.2) is 11.6 Å². The molecule has 0 aliphatic heterocycles. The van der Waals surface area contributed by atoms with Crippen molar-refractivity contribution in [3.05, 3.63) is 93.8 Å². The second kappa shape index (κ2) is 12.7. The Hall–Kier alpha value is -4.93. The molecule has 0 atom stereocenters. The lowest BCUT2D eigenvalue weighted by Gasteiger charge is -2.15. The largest absolute Gasteiger partial charge is 0.454 e. The maximum Gasteiger partial charge on any atom is 0.322 e. The van der Waals surface area contributed by atoms with Gasteiger partial charge < -0.3 is 15.0 Å². The zero-order chi connectivity index (χ0) is 30.6. The highest BCUT2D eigenvalue weighted by Crippen LogP contribution is 2.28. The van der Waals surface area contributed by atoms with Crippen molar-refractivity contribution in [1.29, 1.82) is 0 Å². The van der Waals surface area contributed by atoms with Gasteiger partial charge in [-0.15, -0.1) is 0 Å². The molecule has 0 saturated carbocycles. The number of benzene rings is 2. The van der Waals surface area contributed by atoms with Gasteiger partial charge in [0.2, 0.25) is 0 Å². The Morgan fingerprint density at radius 3 is 2.55 bits per heavy atom. The van der Waals surface area contributed by atoms with E-state index in [1.807, 2.05) is 31.2 Å². The fourth-order valence-corrected chi connectivity index (χ4v) is 4.42. The molecule has 0 unspecified atom stereocenters. The van der Waals surface area contributed by atoms with Crippen molar-refractivity contribution >= 4 is 23.4 Å². The number of carbonyl (C=O) groups excluding carboxylic acids is 2. The minimum absolute atomic E-state index is 0.0347. The van der Waals surface area contributed by atoms with Crippen LogP contribution in [-0.2, 0) is 13.5 Å². The van der Waals surface area contributed by atoms with Crippen LogP contribution in [0, 0.1) is 18.7 Å². The summed E-state index contributed by atoms with van der Waals surface area (Å²) >= 11 is 0. The van der Waals surface area contributed by atoms with Crippen molar-refractivity contribution in [1.82, 2.24) is 19.2 Å². The molecule has 11 heteroatoms. The number of carbonyl (C=O) groups is 2.